The number of benzene rings is 2. The molecule has 0 fully saturated rings. The minimum atomic E-state index is 0.693. The number of nitrogens with one attached hydrogen (secondary N) is 1. The molecule has 0 radical (unpaired) electrons. The lowest BCUT2D eigenvalue weighted by Crippen LogP contribution is -1.98. The van der Waals surface area contributed by atoms with E-state index in [2.05, 4.69) is 33.4 Å². The van der Waals surface area contributed by atoms with Crippen molar-refractivity contribution < 1.29 is 0 Å². The van der Waals surface area contributed by atoms with Gasteiger partial charge in [0.25, 0.3) is 0 Å². The number of hydrogen-bond acceptors (Lipinski definition) is 2. The van der Waals surface area contributed by atoms with Gasteiger partial charge in [0, 0.05) is 30.1 Å². The first kappa shape index (κ1) is 14.2. The molecule has 2 aromatic carbocycles. The van der Waals surface area contributed by atoms with Crippen LogP contribution in [0.4, 0.5) is 5.69 Å². The summed E-state index contributed by atoms with van der Waals surface area (Å²) < 4.78 is 2.16. The molecular formula is C15H10BrCl2NS. The number of anilines is 1. The van der Waals surface area contributed by atoms with Crippen molar-refractivity contribution in [2.75, 3.05) is 5.32 Å². The quantitative estimate of drug-likeness (QED) is 0.535. The Labute approximate surface area is 139 Å². The van der Waals surface area contributed by atoms with Crippen LogP contribution in [-0.4, -0.2) is 0 Å². The molecule has 20 heavy (non-hydrogen) atoms. The molecule has 0 unspecified atom stereocenters. The monoisotopic (exact) mass is 385 g/mol. The molecule has 1 N–H and O–H groups in total. The van der Waals surface area contributed by atoms with Crippen LogP contribution in [0.5, 0.6) is 0 Å². The van der Waals surface area contributed by atoms with Gasteiger partial charge in [-0.05, 0) is 40.2 Å². The molecule has 102 valence electrons. The van der Waals surface area contributed by atoms with E-state index in [0.29, 0.717) is 11.6 Å². The Bertz CT molecular complexity index is 770. The van der Waals surface area contributed by atoms with Crippen LogP contribution >= 0.6 is 50.5 Å². The third kappa shape index (κ3) is 2.82. The van der Waals surface area contributed by atoms with Crippen LogP contribution in [0, 0.1) is 0 Å². The van der Waals surface area contributed by atoms with E-state index in [4.69, 9.17) is 23.2 Å². The zero-order valence-corrected chi connectivity index (χ0v) is 14.2. The van der Waals surface area contributed by atoms with Crippen LogP contribution < -0.4 is 5.32 Å². The molecule has 0 aliphatic carbocycles. The van der Waals surface area contributed by atoms with E-state index in [0.717, 1.165) is 25.4 Å². The topological polar surface area (TPSA) is 12.0 Å². The molecule has 0 spiro atoms. The number of fused-ring (bicyclic) bond motifs is 1. The predicted octanol–water partition coefficient (Wildman–Crippen LogP) is 6.58. The Kier molecular flexibility index (Phi) is 4.22. The SMILES string of the molecule is Clc1ccc(NCc2sc3ccccc3c2Cl)c(Br)c1. The lowest BCUT2D eigenvalue weighted by atomic mass is 10.2. The van der Waals surface area contributed by atoms with Crippen molar-refractivity contribution in [1.82, 2.24) is 0 Å². The zero-order chi connectivity index (χ0) is 14.1. The molecule has 3 aromatic rings. The fourth-order valence-electron chi connectivity index (χ4n) is 1.99. The Morgan fingerprint density at radius 2 is 1.90 bits per heavy atom. The highest BCUT2D eigenvalue weighted by molar-refractivity contribution is 9.10. The fourth-order valence-corrected chi connectivity index (χ4v) is 4.25. The molecule has 0 bridgehead atoms. The standard InChI is InChI=1S/C15H10BrCl2NS/c16-11-7-9(17)5-6-12(11)19-8-14-15(18)10-3-1-2-4-13(10)20-14/h1-7,19H,8H2. The summed E-state index contributed by atoms with van der Waals surface area (Å²) in [5.74, 6) is 0. The maximum Gasteiger partial charge on any atom is 0.0642 e. The van der Waals surface area contributed by atoms with Crippen LogP contribution in [0.15, 0.2) is 46.9 Å². The van der Waals surface area contributed by atoms with Crippen molar-refractivity contribution in [3.8, 4) is 0 Å². The fraction of sp³-hybridized carbons (Fsp3) is 0.0667. The second kappa shape index (κ2) is 5.94. The lowest BCUT2D eigenvalue weighted by molar-refractivity contribution is 1.19. The van der Waals surface area contributed by atoms with Crippen LogP contribution in [0.3, 0.4) is 0 Å². The molecule has 1 aromatic heterocycles. The minimum absolute atomic E-state index is 0.693. The Hall–Kier alpha value is -0.740. The first-order valence-corrected chi connectivity index (χ1v) is 8.36. The largest absolute Gasteiger partial charge is 0.379 e. The summed E-state index contributed by atoms with van der Waals surface area (Å²) in [7, 11) is 0. The van der Waals surface area contributed by atoms with E-state index in [-0.39, 0.29) is 0 Å². The van der Waals surface area contributed by atoms with Gasteiger partial charge >= 0.3 is 0 Å². The maximum absolute atomic E-state index is 6.43. The van der Waals surface area contributed by atoms with Crippen LogP contribution in [-0.2, 0) is 6.54 Å². The average molecular weight is 387 g/mol. The van der Waals surface area contributed by atoms with E-state index < -0.39 is 0 Å². The number of halogens is 3. The summed E-state index contributed by atoms with van der Waals surface area (Å²) in [5.41, 5.74) is 1.00. The smallest absolute Gasteiger partial charge is 0.0642 e. The summed E-state index contributed by atoms with van der Waals surface area (Å²) in [6.07, 6.45) is 0. The molecule has 0 atom stereocenters. The molecule has 0 amide bonds. The number of thiophene rings is 1. The van der Waals surface area contributed by atoms with E-state index in [1.54, 1.807) is 11.3 Å². The van der Waals surface area contributed by atoms with Crippen LogP contribution in [0.2, 0.25) is 10.0 Å². The van der Waals surface area contributed by atoms with Crippen LogP contribution in [0.25, 0.3) is 10.1 Å². The highest BCUT2D eigenvalue weighted by Gasteiger charge is 2.10. The second-order valence-corrected chi connectivity index (χ2v) is 7.12. The summed E-state index contributed by atoms with van der Waals surface area (Å²) in [6, 6.07) is 13.9. The van der Waals surface area contributed by atoms with Crippen molar-refractivity contribution >= 4 is 66.2 Å². The van der Waals surface area contributed by atoms with Crippen molar-refractivity contribution in [2.24, 2.45) is 0 Å². The van der Waals surface area contributed by atoms with Crippen molar-refractivity contribution in [3.63, 3.8) is 0 Å². The van der Waals surface area contributed by atoms with Gasteiger partial charge in [-0.1, -0.05) is 41.4 Å². The van der Waals surface area contributed by atoms with Gasteiger partial charge in [-0.25, -0.2) is 0 Å². The van der Waals surface area contributed by atoms with Crippen LogP contribution in [0.1, 0.15) is 4.88 Å². The van der Waals surface area contributed by atoms with Crippen molar-refractivity contribution in [3.05, 3.63) is 61.9 Å². The van der Waals surface area contributed by atoms with E-state index >= 15 is 0 Å². The van der Waals surface area contributed by atoms with E-state index in [9.17, 15) is 0 Å². The number of hydrogen-bond donors (Lipinski definition) is 1. The van der Waals surface area contributed by atoms with Gasteiger partial charge in [-0.3, -0.25) is 0 Å². The van der Waals surface area contributed by atoms with Gasteiger partial charge in [0.15, 0.2) is 0 Å². The first-order valence-electron chi connectivity index (χ1n) is 6.00. The maximum atomic E-state index is 6.43. The second-order valence-electron chi connectivity index (χ2n) is 4.31. The van der Waals surface area contributed by atoms with Gasteiger partial charge in [0.1, 0.15) is 0 Å². The molecule has 0 aliphatic rings. The van der Waals surface area contributed by atoms with Gasteiger partial charge in [-0.2, -0.15) is 0 Å². The number of rotatable bonds is 3. The average Bonchev–Trinajstić information content (AvgIpc) is 2.75. The van der Waals surface area contributed by atoms with Gasteiger partial charge in [0.2, 0.25) is 0 Å². The van der Waals surface area contributed by atoms with E-state index in [1.807, 2.05) is 30.3 Å². The third-order valence-corrected chi connectivity index (χ3v) is 5.58. The molecule has 1 nitrogen and oxygen atoms in total. The normalized spacial score (nSPS) is 10.9. The Morgan fingerprint density at radius 1 is 1.10 bits per heavy atom. The predicted molar refractivity (Wildman–Crippen MR) is 93.3 cm³/mol. The van der Waals surface area contributed by atoms with Gasteiger partial charge in [0.05, 0.1) is 11.6 Å². The molecule has 0 saturated carbocycles. The highest BCUT2D eigenvalue weighted by Crippen LogP contribution is 2.36. The Morgan fingerprint density at radius 3 is 2.65 bits per heavy atom. The molecule has 3 rings (SSSR count). The highest BCUT2D eigenvalue weighted by atomic mass is 79.9. The molecule has 0 aliphatic heterocycles. The molecular weight excluding hydrogens is 377 g/mol. The summed E-state index contributed by atoms with van der Waals surface area (Å²) >= 11 is 17.6. The Balaban J connectivity index is 1.85. The molecule has 0 saturated heterocycles. The van der Waals surface area contributed by atoms with E-state index in [1.165, 1.54) is 4.70 Å². The summed E-state index contributed by atoms with van der Waals surface area (Å²) in [4.78, 5) is 1.13. The summed E-state index contributed by atoms with van der Waals surface area (Å²) in [6.45, 7) is 0.693. The molecule has 1 heterocycles. The zero-order valence-electron chi connectivity index (χ0n) is 10.3. The lowest BCUT2D eigenvalue weighted by Gasteiger charge is -2.08. The molecule has 5 heteroatoms. The minimum Gasteiger partial charge on any atom is -0.379 e. The summed E-state index contributed by atoms with van der Waals surface area (Å²) in [5, 5.41) is 6.04. The van der Waals surface area contributed by atoms with Crippen molar-refractivity contribution in [2.45, 2.75) is 6.54 Å². The van der Waals surface area contributed by atoms with Gasteiger partial charge in [-0.15, -0.1) is 11.3 Å². The van der Waals surface area contributed by atoms with Crippen molar-refractivity contribution in [1.29, 1.82) is 0 Å². The third-order valence-electron chi connectivity index (χ3n) is 2.97. The first-order chi connectivity index (χ1) is 9.65. The van der Waals surface area contributed by atoms with Gasteiger partial charge < -0.3 is 5.32 Å².